The lowest BCUT2D eigenvalue weighted by atomic mass is 9.97. The molecule has 1 aliphatic rings. The zero-order valence-corrected chi connectivity index (χ0v) is 16.5. The number of thioether (sulfide) groups is 1. The molecule has 0 saturated carbocycles. The molecule has 1 atom stereocenters. The predicted molar refractivity (Wildman–Crippen MR) is 105 cm³/mol. The van der Waals surface area contributed by atoms with Gasteiger partial charge in [-0.25, -0.2) is 0 Å². The van der Waals surface area contributed by atoms with E-state index in [9.17, 15) is 4.79 Å². The first-order chi connectivity index (χ1) is 12.7. The standard InChI is InChI=1S/C18H24N4O2S2/c1-13(16(23)19-10-9-14-6-3-2-4-7-14)25-18-22-21-17(26-18)20-12-15-8-5-11-24-15/h5-6,8,11,13H,2-4,7,9-10,12H2,1H3,(H,19,23)(H,20,21)/t13-/m1/s1. The number of furan rings is 1. The fourth-order valence-electron chi connectivity index (χ4n) is 2.73. The third-order valence-electron chi connectivity index (χ3n) is 4.18. The van der Waals surface area contributed by atoms with Crippen LogP contribution in [0.5, 0.6) is 0 Å². The Balaban J connectivity index is 1.38. The molecule has 0 aliphatic heterocycles. The van der Waals surface area contributed by atoms with Gasteiger partial charge in [-0.05, 0) is 51.2 Å². The molecule has 3 rings (SSSR count). The summed E-state index contributed by atoms with van der Waals surface area (Å²) in [5.74, 6) is 0.891. The number of anilines is 1. The van der Waals surface area contributed by atoms with Crippen LogP contribution in [0, 0.1) is 0 Å². The zero-order chi connectivity index (χ0) is 18.2. The van der Waals surface area contributed by atoms with E-state index in [2.05, 4.69) is 26.9 Å². The van der Waals surface area contributed by atoms with Crippen LogP contribution in [0.4, 0.5) is 5.13 Å². The third-order valence-corrected chi connectivity index (χ3v) is 6.24. The van der Waals surface area contributed by atoms with E-state index in [1.807, 2.05) is 19.1 Å². The van der Waals surface area contributed by atoms with Crippen LogP contribution in [-0.4, -0.2) is 27.9 Å². The molecule has 2 aromatic heterocycles. The molecule has 0 fully saturated rings. The van der Waals surface area contributed by atoms with E-state index in [0.29, 0.717) is 13.1 Å². The molecule has 1 aliphatic carbocycles. The van der Waals surface area contributed by atoms with Gasteiger partial charge in [0.1, 0.15) is 5.76 Å². The van der Waals surface area contributed by atoms with E-state index in [1.54, 1.807) is 6.26 Å². The van der Waals surface area contributed by atoms with Gasteiger partial charge in [0.25, 0.3) is 0 Å². The number of hydrogen-bond donors (Lipinski definition) is 2. The number of hydrogen-bond acceptors (Lipinski definition) is 7. The lowest BCUT2D eigenvalue weighted by molar-refractivity contribution is -0.120. The number of nitrogens with one attached hydrogen (secondary N) is 2. The van der Waals surface area contributed by atoms with Gasteiger partial charge in [-0.3, -0.25) is 4.79 Å². The van der Waals surface area contributed by atoms with Crippen molar-refractivity contribution >= 4 is 34.1 Å². The highest BCUT2D eigenvalue weighted by Gasteiger charge is 2.17. The first-order valence-corrected chi connectivity index (χ1v) is 10.6. The van der Waals surface area contributed by atoms with Crippen molar-refractivity contribution in [1.29, 1.82) is 0 Å². The summed E-state index contributed by atoms with van der Waals surface area (Å²) in [6, 6.07) is 3.75. The Labute approximate surface area is 161 Å². The largest absolute Gasteiger partial charge is 0.467 e. The van der Waals surface area contributed by atoms with E-state index in [1.165, 1.54) is 54.4 Å². The van der Waals surface area contributed by atoms with Crippen molar-refractivity contribution in [2.45, 2.75) is 55.2 Å². The molecule has 1 amide bonds. The molecule has 0 bridgehead atoms. The molecular weight excluding hydrogens is 368 g/mol. The zero-order valence-electron chi connectivity index (χ0n) is 14.9. The van der Waals surface area contributed by atoms with Crippen LogP contribution in [-0.2, 0) is 11.3 Å². The van der Waals surface area contributed by atoms with Crippen molar-refractivity contribution in [3.63, 3.8) is 0 Å². The van der Waals surface area contributed by atoms with E-state index in [0.717, 1.165) is 21.7 Å². The molecule has 2 N–H and O–H groups in total. The summed E-state index contributed by atoms with van der Waals surface area (Å²) < 4.78 is 6.05. The summed E-state index contributed by atoms with van der Waals surface area (Å²) >= 11 is 2.88. The van der Waals surface area contributed by atoms with Gasteiger partial charge in [0.2, 0.25) is 11.0 Å². The summed E-state index contributed by atoms with van der Waals surface area (Å²) in [4.78, 5) is 12.3. The van der Waals surface area contributed by atoms with Gasteiger partial charge >= 0.3 is 0 Å². The molecule has 140 valence electrons. The summed E-state index contributed by atoms with van der Waals surface area (Å²) in [5.41, 5.74) is 1.48. The topological polar surface area (TPSA) is 80.1 Å². The van der Waals surface area contributed by atoms with Crippen molar-refractivity contribution in [1.82, 2.24) is 15.5 Å². The molecule has 6 nitrogen and oxygen atoms in total. The normalized spacial score (nSPS) is 15.3. The second-order valence-corrected chi connectivity index (χ2v) is 8.78. The second-order valence-electron chi connectivity index (χ2n) is 6.22. The quantitative estimate of drug-likeness (QED) is 0.491. The minimum absolute atomic E-state index is 0.0479. The molecule has 26 heavy (non-hydrogen) atoms. The van der Waals surface area contributed by atoms with Gasteiger partial charge < -0.3 is 15.1 Å². The van der Waals surface area contributed by atoms with Gasteiger partial charge in [-0.1, -0.05) is 34.7 Å². The number of amides is 1. The SMILES string of the molecule is C[C@@H](Sc1nnc(NCc2ccco2)s1)C(=O)NCCC1=CCCCC1. The lowest BCUT2D eigenvalue weighted by Crippen LogP contribution is -2.31. The first kappa shape index (κ1) is 19.0. The maximum Gasteiger partial charge on any atom is 0.233 e. The Morgan fingerprint density at radius 3 is 3.12 bits per heavy atom. The molecule has 0 spiro atoms. The highest BCUT2D eigenvalue weighted by molar-refractivity contribution is 8.02. The molecule has 2 aromatic rings. The van der Waals surface area contributed by atoms with Crippen LogP contribution in [0.3, 0.4) is 0 Å². The van der Waals surface area contributed by atoms with E-state index >= 15 is 0 Å². The van der Waals surface area contributed by atoms with Gasteiger partial charge in [-0.2, -0.15) is 0 Å². The Morgan fingerprint density at radius 1 is 1.42 bits per heavy atom. The van der Waals surface area contributed by atoms with Gasteiger partial charge in [0.05, 0.1) is 18.1 Å². The Hall–Kier alpha value is -1.80. The lowest BCUT2D eigenvalue weighted by Gasteiger charge is -2.14. The monoisotopic (exact) mass is 392 g/mol. The van der Waals surface area contributed by atoms with Gasteiger partial charge in [0.15, 0.2) is 4.34 Å². The van der Waals surface area contributed by atoms with Crippen LogP contribution in [0.25, 0.3) is 0 Å². The second kappa shape index (κ2) is 9.78. The fourth-order valence-corrected chi connectivity index (χ4v) is 4.65. The highest BCUT2D eigenvalue weighted by atomic mass is 32.2. The smallest absolute Gasteiger partial charge is 0.233 e. The maximum absolute atomic E-state index is 12.3. The van der Waals surface area contributed by atoms with Crippen LogP contribution < -0.4 is 10.6 Å². The van der Waals surface area contributed by atoms with Crippen LogP contribution in [0.2, 0.25) is 0 Å². The van der Waals surface area contributed by atoms with Crippen LogP contribution >= 0.6 is 23.1 Å². The third kappa shape index (κ3) is 5.88. The average molecular weight is 393 g/mol. The maximum atomic E-state index is 12.3. The molecule has 0 unspecified atom stereocenters. The van der Waals surface area contributed by atoms with Crippen LogP contribution in [0.1, 0.15) is 44.8 Å². The summed E-state index contributed by atoms with van der Waals surface area (Å²) in [7, 11) is 0. The summed E-state index contributed by atoms with van der Waals surface area (Å²) in [6.45, 7) is 3.18. The van der Waals surface area contributed by atoms with Crippen molar-refractivity contribution in [3.8, 4) is 0 Å². The predicted octanol–water partition coefficient (Wildman–Crippen LogP) is 4.23. The van der Waals surface area contributed by atoms with Crippen LogP contribution in [0.15, 0.2) is 38.8 Å². The van der Waals surface area contributed by atoms with Crippen molar-refractivity contribution in [3.05, 3.63) is 35.8 Å². The van der Waals surface area contributed by atoms with Gasteiger partial charge in [-0.15, -0.1) is 10.2 Å². The van der Waals surface area contributed by atoms with E-state index in [-0.39, 0.29) is 11.2 Å². The Bertz CT molecular complexity index is 727. The van der Waals surface area contributed by atoms with Crippen molar-refractivity contribution in [2.75, 3.05) is 11.9 Å². The molecule has 0 saturated heterocycles. The number of rotatable bonds is 9. The summed E-state index contributed by atoms with van der Waals surface area (Å²) in [5, 5.41) is 15.0. The highest BCUT2D eigenvalue weighted by Crippen LogP contribution is 2.29. The Kier molecular flexibility index (Phi) is 7.13. The average Bonchev–Trinajstić information content (AvgIpc) is 3.32. The van der Waals surface area contributed by atoms with Gasteiger partial charge in [0, 0.05) is 6.54 Å². The molecular formula is C18H24N4O2S2. The van der Waals surface area contributed by atoms with Crippen molar-refractivity contribution in [2.24, 2.45) is 0 Å². The van der Waals surface area contributed by atoms with E-state index in [4.69, 9.17) is 4.42 Å². The Morgan fingerprint density at radius 2 is 2.35 bits per heavy atom. The molecule has 0 radical (unpaired) electrons. The van der Waals surface area contributed by atoms with E-state index < -0.39 is 0 Å². The number of nitrogens with zero attached hydrogens (tertiary/aromatic N) is 2. The first-order valence-electron chi connectivity index (χ1n) is 8.93. The minimum atomic E-state index is -0.193. The number of aromatic nitrogens is 2. The summed E-state index contributed by atoms with van der Waals surface area (Å²) in [6.07, 6.45) is 9.86. The molecule has 8 heteroatoms. The number of carbonyl (C=O) groups is 1. The molecule has 2 heterocycles. The minimum Gasteiger partial charge on any atom is -0.467 e. The molecule has 0 aromatic carbocycles. The fraction of sp³-hybridized carbons (Fsp3) is 0.500. The number of allylic oxidation sites excluding steroid dienone is 1. The van der Waals surface area contributed by atoms with Crippen molar-refractivity contribution < 1.29 is 9.21 Å². The number of carbonyl (C=O) groups excluding carboxylic acids is 1.